The van der Waals surface area contributed by atoms with Crippen molar-refractivity contribution in [3.63, 3.8) is 0 Å². The van der Waals surface area contributed by atoms with E-state index in [1.54, 1.807) is 18.2 Å². The summed E-state index contributed by atoms with van der Waals surface area (Å²) in [4.78, 5) is 28.6. The largest absolute Gasteiger partial charge is 0.486 e. The van der Waals surface area contributed by atoms with E-state index in [1.165, 1.54) is 11.0 Å². The Morgan fingerprint density at radius 1 is 0.919 bits per heavy atom. The molecule has 1 atom stereocenters. The summed E-state index contributed by atoms with van der Waals surface area (Å²) in [6.45, 7) is 4.75. The van der Waals surface area contributed by atoms with Gasteiger partial charge in [-0.3, -0.25) is 9.59 Å². The highest BCUT2D eigenvalue weighted by atomic mass is 19.1. The molecule has 1 heterocycles. The molecule has 7 heteroatoms. The minimum Gasteiger partial charge on any atom is -0.486 e. The van der Waals surface area contributed by atoms with Crippen LogP contribution in [-0.2, 0) is 29.0 Å². The summed E-state index contributed by atoms with van der Waals surface area (Å²) in [7, 11) is 0. The zero-order valence-electron chi connectivity index (χ0n) is 21.3. The van der Waals surface area contributed by atoms with E-state index >= 15 is 0 Å². The van der Waals surface area contributed by atoms with E-state index < -0.39 is 11.9 Å². The Labute approximate surface area is 217 Å². The van der Waals surface area contributed by atoms with Crippen molar-refractivity contribution >= 4 is 11.8 Å². The lowest BCUT2D eigenvalue weighted by Crippen LogP contribution is -2.52. The first-order valence-corrected chi connectivity index (χ1v) is 12.7. The Morgan fingerprint density at radius 2 is 1.62 bits per heavy atom. The standard InChI is InChI=1S/C30H33FN2O4/c1-21(2)32-30(35)26(18-22-8-4-3-5-9-22)33(20-24-10-6-7-11-25(24)31)29(34)15-13-23-12-14-27-28(19-23)37-17-16-36-27/h3-12,14,19,21,26H,13,15-18,20H2,1-2H3,(H,32,35). The molecule has 4 rings (SSSR count). The normalized spacial score (nSPS) is 13.2. The van der Waals surface area contributed by atoms with E-state index in [0.717, 1.165) is 11.1 Å². The first kappa shape index (κ1) is 26.2. The number of rotatable bonds is 10. The number of nitrogens with one attached hydrogen (secondary N) is 1. The quantitative estimate of drug-likeness (QED) is 0.435. The van der Waals surface area contributed by atoms with Gasteiger partial charge < -0.3 is 19.7 Å². The van der Waals surface area contributed by atoms with E-state index in [1.807, 2.05) is 62.4 Å². The SMILES string of the molecule is CC(C)NC(=O)C(Cc1ccccc1)N(Cc1ccccc1F)C(=O)CCc1ccc2c(c1)OCCO2. The number of nitrogens with zero attached hydrogens (tertiary/aromatic N) is 1. The lowest BCUT2D eigenvalue weighted by Gasteiger charge is -2.32. The Balaban J connectivity index is 1.60. The van der Waals surface area contributed by atoms with Crippen LogP contribution in [0.25, 0.3) is 0 Å². The maximum atomic E-state index is 14.7. The fourth-order valence-corrected chi connectivity index (χ4v) is 4.38. The lowest BCUT2D eigenvalue weighted by molar-refractivity contribution is -0.141. The van der Waals surface area contributed by atoms with Gasteiger partial charge in [0, 0.05) is 31.0 Å². The van der Waals surface area contributed by atoms with E-state index in [2.05, 4.69) is 5.32 Å². The zero-order chi connectivity index (χ0) is 26.2. The Morgan fingerprint density at radius 3 is 2.35 bits per heavy atom. The summed E-state index contributed by atoms with van der Waals surface area (Å²) in [5, 5.41) is 2.95. The zero-order valence-corrected chi connectivity index (χ0v) is 21.3. The van der Waals surface area contributed by atoms with Crippen molar-refractivity contribution in [3.8, 4) is 11.5 Å². The van der Waals surface area contributed by atoms with Crippen molar-refractivity contribution in [3.05, 3.63) is 95.3 Å². The van der Waals surface area contributed by atoms with Crippen LogP contribution in [0.15, 0.2) is 72.8 Å². The average molecular weight is 505 g/mol. The van der Waals surface area contributed by atoms with E-state index in [4.69, 9.17) is 9.47 Å². The maximum Gasteiger partial charge on any atom is 0.243 e. The van der Waals surface area contributed by atoms with Gasteiger partial charge in [-0.25, -0.2) is 4.39 Å². The van der Waals surface area contributed by atoms with Crippen LogP contribution in [0.1, 0.15) is 37.0 Å². The predicted octanol–water partition coefficient (Wildman–Crippen LogP) is 4.69. The van der Waals surface area contributed by atoms with E-state index in [9.17, 15) is 14.0 Å². The van der Waals surface area contributed by atoms with E-state index in [0.29, 0.717) is 43.1 Å². The predicted molar refractivity (Wildman–Crippen MR) is 140 cm³/mol. The van der Waals surface area contributed by atoms with Gasteiger partial charge in [0.05, 0.1) is 0 Å². The highest BCUT2D eigenvalue weighted by Crippen LogP contribution is 2.31. The van der Waals surface area contributed by atoms with Crippen LogP contribution in [0, 0.1) is 5.82 Å². The van der Waals surface area contributed by atoms with Crippen molar-refractivity contribution in [2.75, 3.05) is 13.2 Å². The number of hydrogen-bond acceptors (Lipinski definition) is 4. The molecule has 6 nitrogen and oxygen atoms in total. The molecule has 3 aromatic rings. The van der Waals surface area contributed by atoms with Gasteiger partial charge in [-0.1, -0.05) is 54.6 Å². The van der Waals surface area contributed by atoms with Crippen LogP contribution >= 0.6 is 0 Å². The van der Waals surface area contributed by atoms with Gasteiger partial charge in [0.25, 0.3) is 0 Å². The number of fused-ring (bicyclic) bond motifs is 1. The smallest absolute Gasteiger partial charge is 0.243 e. The van der Waals surface area contributed by atoms with Gasteiger partial charge in [-0.15, -0.1) is 0 Å². The highest BCUT2D eigenvalue weighted by molar-refractivity contribution is 5.88. The molecule has 2 amide bonds. The summed E-state index contributed by atoms with van der Waals surface area (Å²) in [5.74, 6) is 0.462. The second-order valence-electron chi connectivity index (χ2n) is 9.46. The molecule has 0 radical (unpaired) electrons. The van der Waals surface area contributed by atoms with Crippen molar-refractivity contribution in [2.24, 2.45) is 0 Å². The summed E-state index contributed by atoms with van der Waals surface area (Å²) in [6, 6.07) is 20.7. The van der Waals surface area contributed by atoms with Gasteiger partial charge in [0.15, 0.2) is 11.5 Å². The van der Waals surface area contributed by atoms with Gasteiger partial charge in [0.2, 0.25) is 11.8 Å². The molecule has 0 fully saturated rings. The van der Waals surface area contributed by atoms with Crippen LogP contribution in [0.3, 0.4) is 0 Å². The molecule has 0 saturated carbocycles. The molecule has 1 unspecified atom stereocenters. The summed E-state index contributed by atoms with van der Waals surface area (Å²) in [6.07, 6.45) is 0.936. The number of hydrogen-bond donors (Lipinski definition) is 1. The second-order valence-corrected chi connectivity index (χ2v) is 9.46. The Bertz CT molecular complexity index is 1220. The Kier molecular flexibility index (Phi) is 8.77. The minimum absolute atomic E-state index is 0.00430. The third kappa shape index (κ3) is 7.09. The molecule has 3 aromatic carbocycles. The molecule has 1 aliphatic rings. The molecule has 0 aliphatic carbocycles. The minimum atomic E-state index is -0.794. The summed E-state index contributed by atoms with van der Waals surface area (Å²) >= 11 is 0. The fourth-order valence-electron chi connectivity index (χ4n) is 4.38. The number of amides is 2. The van der Waals surface area contributed by atoms with Crippen molar-refractivity contribution in [1.29, 1.82) is 0 Å². The third-order valence-corrected chi connectivity index (χ3v) is 6.23. The number of carbonyl (C=O) groups is 2. The molecular weight excluding hydrogens is 471 g/mol. The molecule has 0 bridgehead atoms. The molecule has 0 saturated heterocycles. The molecule has 1 N–H and O–H groups in total. The van der Waals surface area contributed by atoms with Crippen LogP contribution in [0.5, 0.6) is 11.5 Å². The van der Waals surface area contributed by atoms with Crippen LogP contribution in [0.2, 0.25) is 0 Å². The van der Waals surface area contributed by atoms with E-state index in [-0.39, 0.29) is 30.8 Å². The average Bonchev–Trinajstić information content (AvgIpc) is 2.90. The van der Waals surface area contributed by atoms with Crippen LogP contribution in [0.4, 0.5) is 4.39 Å². The molecular formula is C30H33FN2O4. The maximum absolute atomic E-state index is 14.7. The number of halogens is 1. The third-order valence-electron chi connectivity index (χ3n) is 6.23. The van der Waals surface area contributed by atoms with Gasteiger partial charge >= 0.3 is 0 Å². The van der Waals surface area contributed by atoms with Gasteiger partial charge in [-0.2, -0.15) is 0 Å². The Hall–Kier alpha value is -3.87. The first-order valence-electron chi connectivity index (χ1n) is 12.7. The lowest BCUT2D eigenvalue weighted by atomic mass is 10.0. The summed E-state index contributed by atoms with van der Waals surface area (Å²) < 4.78 is 25.9. The first-order chi connectivity index (χ1) is 17.9. The molecule has 1 aliphatic heterocycles. The van der Waals surface area contributed by atoms with Gasteiger partial charge in [0.1, 0.15) is 25.1 Å². The number of benzene rings is 3. The van der Waals surface area contributed by atoms with Crippen LogP contribution < -0.4 is 14.8 Å². The number of carbonyl (C=O) groups excluding carboxylic acids is 2. The van der Waals surface area contributed by atoms with Gasteiger partial charge in [-0.05, 0) is 49.6 Å². The number of aryl methyl sites for hydroxylation is 1. The molecule has 37 heavy (non-hydrogen) atoms. The molecule has 194 valence electrons. The highest BCUT2D eigenvalue weighted by Gasteiger charge is 2.31. The fraction of sp³-hybridized carbons (Fsp3) is 0.333. The monoisotopic (exact) mass is 504 g/mol. The number of ether oxygens (including phenoxy) is 2. The molecule has 0 aromatic heterocycles. The topological polar surface area (TPSA) is 67.9 Å². The van der Waals surface area contributed by atoms with Crippen molar-refractivity contribution in [2.45, 2.75) is 51.7 Å². The van der Waals surface area contributed by atoms with Crippen molar-refractivity contribution < 1.29 is 23.5 Å². The molecule has 0 spiro atoms. The summed E-state index contributed by atoms with van der Waals surface area (Å²) in [5.41, 5.74) is 2.21. The second kappa shape index (κ2) is 12.4. The van der Waals surface area contributed by atoms with Crippen molar-refractivity contribution in [1.82, 2.24) is 10.2 Å². The van der Waals surface area contributed by atoms with Crippen LogP contribution in [-0.4, -0.2) is 42.0 Å².